The quantitative estimate of drug-likeness (QED) is 0.788. The predicted octanol–water partition coefficient (Wildman–Crippen LogP) is 3.82. The third-order valence-electron chi connectivity index (χ3n) is 5.99. The molecule has 128 valence electrons. The van der Waals surface area contributed by atoms with E-state index in [9.17, 15) is 4.79 Å². The molecule has 2 aliphatic carbocycles. The fraction of sp³-hybridized carbons (Fsp3) is 0.571. The number of hydrogen-bond acceptors (Lipinski definition) is 2. The largest absolute Gasteiger partial charge is 0.493 e. The Hall–Kier alpha value is -1.77. The molecule has 1 saturated carbocycles. The van der Waals surface area contributed by atoms with E-state index in [1.54, 1.807) is 0 Å². The Morgan fingerprint density at radius 1 is 1.25 bits per heavy atom. The molecule has 4 atom stereocenters. The summed E-state index contributed by atoms with van der Waals surface area (Å²) in [7, 11) is 0. The van der Waals surface area contributed by atoms with Gasteiger partial charge in [-0.2, -0.15) is 0 Å². The molecule has 3 aliphatic rings. The van der Waals surface area contributed by atoms with Crippen molar-refractivity contribution >= 4 is 5.91 Å². The van der Waals surface area contributed by atoms with Crippen molar-refractivity contribution in [2.45, 2.75) is 32.6 Å². The molecule has 0 aromatic heterocycles. The number of rotatable bonds is 4. The van der Waals surface area contributed by atoms with E-state index in [1.165, 1.54) is 12.0 Å². The van der Waals surface area contributed by atoms with Crippen molar-refractivity contribution in [3.63, 3.8) is 0 Å². The van der Waals surface area contributed by atoms with Gasteiger partial charge in [0.25, 0.3) is 0 Å². The van der Waals surface area contributed by atoms with Crippen LogP contribution in [0, 0.1) is 30.6 Å². The number of amides is 1. The lowest BCUT2D eigenvalue weighted by Gasteiger charge is -2.35. The van der Waals surface area contributed by atoms with Crippen LogP contribution in [-0.4, -0.2) is 30.5 Å². The normalized spacial score (nSPS) is 31.5. The molecule has 1 aliphatic heterocycles. The van der Waals surface area contributed by atoms with E-state index < -0.39 is 0 Å². The standard InChI is InChI=1S/C21H27NO2/c1-15-5-2-3-7-20(15)24-14-17-6-4-10-22(13-17)21(23)19-12-16-8-9-18(19)11-16/h2-3,5,7-9,16-19H,4,6,10-14H2,1H3/t16-,17+,18+,19-/m1/s1. The number of benzene rings is 1. The Balaban J connectivity index is 1.33. The minimum absolute atomic E-state index is 0.246. The highest BCUT2D eigenvalue weighted by Gasteiger charge is 2.42. The van der Waals surface area contributed by atoms with Gasteiger partial charge in [0.15, 0.2) is 0 Å². The summed E-state index contributed by atoms with van der Waals surface area (Å²) < 4.78 is 6.03. The van der Waals surface area contributed by atoms with Crippen LogP contribution in [0.2, 0.25) is 0 Å². The van der Waals surface area contributed by atoms with Crippen LogP contribution >= 0.6 is 0 Å². The maximum absolute atomic E-state index is 12.9. The summed E-state index contributed by atoms with van der Waals surface area (Å²) in [5.41, 5.74) is 1.18. The number of aryl methyl sites for hydroxylation is 1. The number of likely N-dealkylation sites (tertiary alicyclic amines) is 1. The zero-order valence-electron chi connectivity index (χ0n) is 14.5. The van der Waals surface area contributed by atoms with Gasteiger partial charge in [0.2, 0.25) is 5.91 Å². The number of fused-ring (bicyclic) bond motifs is 2. The average Bonchev–Trinajstić information content (AvgIpc) is 3.24. The molecule has 0 spiro atoms. The van der Waals surface area contributed by atoms with Crippen molar-refractivity contribution in [1.29, 1.82) is 0 Å². The van der Waals surface area contributed by atoms with E-state index >= 15 is 0 Å². The van der Waals surface area contributed by atoms with E-state index in [0.717, 1.165) is 38.1 Å². The number of hydrogen-bond donors (Lipinski definition) is 0. The Bertz CT molecular complexity index is 638. The van der Waals surface area contributed by atoms with Crippen molar-refractivity contribution in [1.82, 2.24) is 4.90 Å². The zero-order valence-corrected chi connectivity index (χ0v) is 14.5. The second-order valence-electron chi connectivity index (χ2n) is 7.76. The molecule has 0 unspecified atom stereocenters. The summed E-state index contributed by atoms with van der Waals surface area (Å²) >= 11 is 0. The smallest absolute Gasteiger partial charge is 0.226 e. The Kier molecular flexibility index (Phi) is 4.34. The van der Waals surface area contributed by atoms with Gasteiger partial charge in [-0.15, -0.1) is 0 Å². The number of nitrogens with zero attached hydrogens (tertiary/aromatic N) is 1. The van der Waals surface area contributed by atoms with Crippen LogP contribution in [0.25, 0.3) is 0 Å². The number of para-hydroxylation sites is 1. The van der Waals surface area contributed by atoms with E-state index in [-0.39, 0.29) is 5.92 Å². The highest BCUT2D eigenvalue weighted by molar-refractivity contribution is 5.80. The number of carbonyl (C=O) groups is 1. The van der Waals surface area contributed by atoms with Crippen molar-refractivity contribution in [3.05, 3.63) is 42.0 Å². The van der Waals surface area contributed by atoms with Crippen molar-refractivity contribution in [2.75, 3.05) is 19.7 Å². The number of ether oxygens (including phenoxy) is 1. The maximum atomic E-state index is 12.9. The molecule has 3 heteroatoms. The number of carbonyl (C=O) groups excluding carboxylic acids is 1. The van der Waals surface area contributed by atoms with Crippen LogP contribution in [-0.2, 0) is 4.79 Å². The summed E-state index contributed by atoms with van der Waals surface area (Å²) in [6.45, 7) is 4.58. The maximum Gasteiger partial charge on any atom is 0.226 e. The third kappa shape index (κ3) is 3.09. The first-order valence-electron chi connectivity index (χ1n) is 9.36. The minimum Gasteiger partial charge on any atom is -0.493 e. The molecule has 0 radical (unpaired) electrons. The molecule has 3 nitrogen and oxygen atoms in total. The second-order valence-corrected chi connectivity index (χ2v) is 7.76. The van der Waals surface area contributed by atoms with Gasteiger partial charge in [-0.05, 0) is 56.1 Å². The van der Waals surface area contributed by atoms with Crippen LogP contribution < -0.4 is 4.74 Å². The second kappa shape index (κ2) is 6.62. The summed E-state index contributed by atoms with van der Waals surface area (Å²) in [5.74, 6) is 3.24. The average molecular weight is 325 g/mol. The number of allylic oxidation sites excluding steroid dienone is 2. The van der Waals surface area contributed by atoms with E-state index in [2.05, 4.69) is 30.0 Å². The Morgan fingerprint density at radius 2 is 2.12 bits per heavy atom. The predicted molar refractivity (Wildman–Crippen MR) is 94.8 cm³/mol. The molecule has 0 N–H and O–H groups in total. The SMILES string of the molecule is Cc1ccccc1OC[C@H]1CCCN(C(=O)[C@@H]2C[C@@H]3C=C[C@H]2C3)C1. The monoisotopic (exact) mass is 325 g/mol. The summed E-state index contributed by atoms with van der Waals surface area (Å²) in [6, 6.07) is 8.16. The summed E-state index contributed by atoms with van der Waals surface area (Å²) in [6.07, 6.45) is 9.12. The molecule has 2 fully saturated rings. The van der Waals surface area contributed by atoms with E-state index in [4.69, 9.17) is 4.74 Å². The molecule has 1 aromatic carbocycles. The Labute approximate surface area is 144 Å². The van der Waals surface area contributed by atoms with Gasteiger partial charge >= 0.3 is 0 Å². The molecular weight excluding hydrogens is 298 g/mol. The van der Waals surface area contributed by atoms with Gasteiger partial charge in [0.05, 0.1) is 6.61 Å². The third-order valence-corrected chi connectivity index (χ3v) is 5.99. The molecule has 1 saturated heterocycles. The van der Waals surface area contributed by atoms with Crippen LogP contribution in [0.15, 0.2) is 36.4 Å². The summed E-state index contributed by atoms with van der Waals surface area (Å²) in [5, 5.41) is 0. The highest BCUT2D eigenvalue weighted by atomic mass is 16.5. The topological polar surface area (TPSA) is 29.5 Å². The molecule has 4 rings (SSSR count). The van der Waals surface area contributed by atoms with Crippen LogP contribution in [0.5, 0.6) is 5.75 Å². The van der Waals surface area contributed by atoms with Crippen LogP contribution in [0.1, 0.15) is 31.2 Å². The van der Waals surface area contributed by atoms with Crippen molar-refractivity contribution < 1.29 is 9.53 Å². The molecular formula is C21H27NO2. The van der Waals surface area contributed by atoms with Crippen LogP contribution in [0.4, 0.5) is 0 Å². The first kappa shape index (κ1) is 15.7. The van der Waals surface area contributed by atoms with Gasteiger partial charge in [-0.3, -0.25) is 4.79 Å². The molecule has 1 amide bonds. The van der Waals surface area contributed by atoms with Crippen molar-refractivity contribution in [3.8, 4) is 5.75 Å². The molecule has 24 heavy (non-hydrogen) atoms. The summed E-state index contributed by atoms with van der Waals surface area (Å²) in [4.78, 5) is 15.0. The fourth-order valence-corrected chi connectivity index (χ4v) is 4.63. The Morgan fingerprint density at radius 3 is 2.88 bits per heavy atom. The van der Waals surface area contributed by atoms with E-state index in [0.29, 0.717) is 30.3 Å². The zero-order chi connectivity index (χ0) is 16.5. The first-order chi connectivity index (χ1) is 11.7. The molecule has 1 aromatic rings. The van der Waals surface area contributed by atoms with Crippen molar-refractivity contribution in [2.24, 2.45) is 23.7 Å². The lowest BCUT2D eigenvalue weighted by Crippen LogP contribution is -2.45. The molecule has 2 bridgehead atoms. The van der Waals surface area contributed by atoms with Crippen LogP contribution in [0.3, 0.4) is 0 Å². The molecule has 1 heterocycles. The minimum atomic E-state index is 0.246. The lowest BCUT2D eigenvalue weighted by molar-refractivity contribution is -0.138. The van der Waals surface area contributed by atoms with Gasteiger partial charge in [-0.1, -0.05) is 30.4 Å². The van der Waals surface area contributed by atoms with Gasteiger partial charge < -0.3 is 9.64 Å². The van der Waals surface area contributed by atoms with Gasteiger partial charge in [-0.25, -0.2) is 0 Å². The lowest BCUT2D eigenvalue weighted by atomic mass is 9.90. The number of piperidine rings is 1. The van der Waals surface area contributed by atoms with Gasteiger partial charge in [0, 0.05) is 24.9 Å². The van der Waals surface area contributed by atoms with E-state index in [1.807, 2.05) is 18.2 Å². The highest BCUT2D eigenvalue weighted by Crippen LogP contribution is 2.44. The fourth-order valence-electron chi connectivity index (χ4n) is 4.63. The first-order valence-corrected chi connectivity index (χ1v) is 9.36. The van der Waals surface area contributed by atoms with Gasteiger partial charge in [0.1, 0.15) is 5.75 Å².